The van der Waals surface area contributed by atoms with E-state index < -0.39 is 5.91 Å². The van der Waals surface area contributed by atoms with E-state index in [0.717, 1.165) is 40.8 Å². The monoisotopic (exact) mass is 398 g/mol. The van der Waals surface area contributed by atoms with E-state index in [0.29, 0.717) is 11.5 Å². The highest BCUT2D eigenvalue weighted by Crippen LogP contribution is 2.33. The van der Waals surface area contributed by atoms with Crippen molar-refractivity contribution in [3.8, 4) is 22.5 Å². The minimum Gasteiger partial charge on any atom is -0.383 e. The van der Waals surface area contributed by atoms with E-state index in [2.05, 4.69) is 10.00 Å². The van der Waals surface area contributed by atoms with Crippen molar-refractivity contribution in [1.29, 1.82) is 0 Å². The summed E-state index contributed by atoms with van der Waals surface area (Å²) in [5.74, 6) is -0.255. The first-order valence-electron chi connectivity index (χ1n) is 9.84. The fourth-order valence-corrected chi connectivity index (χ4v) is 4.03. The number of anilines is 1. The summed E-state index contributed by atoms with van der Waals surface area (Å²) in [5.41, 5.74) is 16.2. The minimum atomic E-state index is -0.576. The average molecular weight is 398 g/mol. The van der Waals surface area contributed by atoms with Crippen LogP contribution in [0.25, 0.3) is 33.4 Å². The summed E-state index contributed by atoms with van der Waals surface area (Å²) in [6, 6.07) is 20.1. The van der Waals surface area contributed by atoms with E-state index in [1.807, 2.05) is 67.7 Å². The molecule has 0 saturated carbocycles. The van der Waals surface area contributed by atoms with Gasteiger partial charge in [0.2, 0.25) is 0 Å². The number of hydrogen-bond acceptors (Lipinski definition) is 5. The van der Waals surface area contributed by atoms with Crippen LogP contribution in [0.2, 0.25) is 0 Å². The number of carbonyl (C=O) groups excluding carboxylic acids is 1. The van der Waals surface area contributed by atoms with Gasteiger partial charge < -0.3 is 16.4 Å². The number of pyridine rings is 1. The van der Waals surface area contributed by atoms with Crippen LogP contribution in [0.3, 0.4) is 0 Å². The van der Waals surface area contributed by atoms with Gasteiger partial charge in [0.25, 0.3) is 5.91 Å². The zero-order valence-electron chi connectivity index (χ0n) is 16.6. The molecule has 5 rings (SSSR count). The second-order valence-corrected chi connectivity index (χ2v) is 7.76. The maximum Gasteiger partial charge on any atom is 0.254 e. The van der Waals surface area contributed by atoms with Gasteiger partial charge in [-0.05, 0) is 19.2 Å². The molecular weight excluding hydrogens is 376 g/mol. The van der Waals surface area contributed by atoms with E-state index in [1.165, 1.54) is 0 Å². The number of benzene rings is 2. The Bertz CT molecular complexity index is 1260. The van der Waals surface area contributed by atoms with Gasteiger partial charge in [0.15, 0.2) is 0 Å². The van der Waals surface area contributed by atoms with Gasteiger partial charge in [0.1, 0.15) is 17.1 Å². The number of aromatic nitrogens is 3. The molecule has 0 bridgehead atoms. The van der Waals surface area contributed by atoms with Crippen molar-refractivity contribution >= 4 is 22.6 Å². The molecule has 0 spiro atoms. The summed E-state index contributed by atoms with van der Waals surface area (Å²) >= 11 is 0. The first-order valence-corrected chi connectivity index (χ1v) is 9.84. The molecule has 1 aliphatic rings. The van der Waals surface area contributed by atoms with Crippen molar-refractivity contribution in [2.75, 3.05) is 25.9 Å². The molecule has 7 heteroatoms. The maximum absolute atomic E-state index is 12.2. The standard InChI is InChI=1S/C23H22N6O/c1-28-12-17(13-28)29-22(24)20(23(25)30)21(27-29)16-8-7-15-9-10-18(26-19(15)11-16)14-5-3-2-4-6-14/h2-11,17H,12-13,24H2,1H3,(H2,25,30). The molecule has 1 fully saturated rings. The number of nitrogens with two attached hydrogens (primary N) is 2. The predicted octanol–water partition coefficient (Wildman–Crippen LogP) is 2.93. The predicted molar refractivity (Wildman–Crippen MR) is 118 cm³/mol. The summed E-state index contributed by atoms with van der Waals surface area (Å²) in [4.78, 5) is 19.2. The lowest BCUT2D eigenvalue weighted by atomic mass is 10.0. The van der Waals surface area contributed by atoms with E-state index in [4.69, 9.17) is 16.5 Å². The topological polar surface area (TPSA) is 103 Å². The van der Waals surface area contributed by atoms with Crippen LogP contribution in [0.5, 0.6) is 0 Å². The highest BCUT2D eigenvalue weighted by atomic mass is 16.1. The second kappa shape index (κ2) is 6.96. The number of carbonyl (C=O) groups is 1. The molecule has 30 heavy (non-hydrogen) atoms. The summed E-state index contributed by atoms with van der Waals surface area (Å²) < 4.78 is 1.73. The van der Waals surface area contributed by atoms with Gasteiger partial charge in [0.05, 0.1) is 17.3 Å². The Hall–Kier alpha value is -3.71. The summed E-state index contributed by atoms with van der Waals surface area (Å²) in [6.07, 6.45) is 0. The molecule has 4 aromatic rings. The van der Waals surface area contributed by atoms with Gasteiger partial charge >= 0.3 is 0 Å². The molecule has 0 unspecified atom stereocenters. The Morgan fingerprint density at radius 1 is 1.03 bits per heavy atom. The molecule has 2 aromatic carbocycles. The van der Waals surface area contributed by atoms with Gasteiger partial charge in [-0.25, -0.2) is 9.67 Å². The maximum atomic E-state index is 12.2. The lowest BCUT2D eigenvalue weighted by molar-refractivity contribution is 0.100. The Morgan fingerprint density at radius 3 is 2.47 bits per heavy atom. The van der Waals surface area contributed by atoms with E-state index >= 15 is 0 Å². The van der Waals surface area contributed by atoms with E-state index in [1.54, 1.807) is 4.68 Å². The molecule has 0 aliphatic carbocycles. The normalized spacial score (nSPS) is 14.7. The van der Waals surface area contributed by atoms with Crippen molar-refractivity contribution < 1.29 is 4.79 Å². The second-order valence-electron chi connectivity index (χ2n) is 7.76. The lowest BCUT2D eigenvalue weighted by Gasteiger charge is -2.36. The number of nitrogens with zero attached hydrogens (tertiary/aromatic N) is 4. The third-order valence-electron chi connectivity index (χ3n) is 5.62. The average Bonchev–Trinajstić information content (AvgIpc) is 3.08. The van der Waals surface area contributed by atoms with Crippen molar-refractivity contribution in [2.24, 2.45) is 5.73 Å². The highest BCUT2D eigenvalue weighted by Gasteiger charge is 2.31. The Kier molecular flexibility index (Phi) is 4.25. The molecule has 7 nitrogen and oxygen atoms in total. The van der Waals surface area contributed by atoms with Crippen LogP contribution in [-0.4, -0.2) is 45.7 Å². The molecule has 3 heterocycles. The molecule has 2 aromatic heterocycles. The fraction of sp³-hybridized carbons (Fsp3) is 0.174. The van der Waals surface area contributed by atoms with Crippen molar-refractivity contribution in [3.05, 3.63) is 66.2 Å². The SMILES string of the molecule is CN1CC(n2nc(-c3ccc4ccc(-c5ccccc5)nc4c3)c(C(N)=O)c2N)C1. The minimum absolute atomic E-state index is 0.144. The summed E-state index contributed by atoms with van der Waals surface area (Å²) in [5, 5.41) is 5.69. The van der Waals surface area contributed by atoms with Crippen LogP contribution < -0.4 is 11.5 Å². The van der Waals surface area contributed by atoms with Crippen LogP contribution in [0.1, 0.15) is 16.4 Å². The summed E-state index contributed by atoms with van der Waals surface area (Å²) in [6.45, 7) is 1.67. The zero-order chi connectivity index (χ0) is 20.8. The molecule has 4 N–H and O–H groups in total. The lowest BCUT2D eigenvalue weighted by Crippen LogP contribution is -2.45. The molecule has 150 valence electrons. The van der Waals surface area contributed by atoms with E-state index in [9.17, 15) is 4.79 Å². The molecule has 1 amide bonds. The van der Waals surface area contributed by atoms with Crippen LogP contribution in [0.15, 0.2) is 60.7 Å². The number of amides is 1. The zero-order valence-corrected chi connectivity index (χ0v) is 16.6. The Morgan fingerprint density at radius 2 is 1.77 bits per heavy atom. The number of likely N-dealkylation sites (tertiary alicyclic amines) is 1. The van der Waals surface area contributed by atoms with Crippen LogP contribution >= 0.6 is 0 Å². The third kappa shape index (κ3) is 3.00. The van der Waals surface area contributed by atoms with Crippen LogP contribution in [-0.2, 0) is 0 Å². The Labute approximate surface area is 173 Å². The highest BCUT2D eigenvalue weighted by molar-refractivity contribution is 6.04. The van der Waals surface area contributed by atoms with Crippen molar-refractivity contribution in [1.82, 2.24) is 19.7 Å². The number of nitrogen functional groups attached to an aromatic ring is 1. The van der Waals surface area contributed by atoms with Crippen molar-refractivity contribution in [2.45, 2.75) is 6.04 Å². The van der Waals surface area contributed by atoms with Crippen LogP contribution in [0.4, 0.5) is 5.82 Å². The van der Waals surface area contributed by atoms with E-state index in [-0.39, 0.29) is 11.6 Å². The van der Waals surface area contributed by atoms with Gasteiger partial charge in [-0.2, -0.15) is 5.10 Å². The Balaban J connectivity index is 1.62. The third-order valence-corrected chi connectivity index (χ3v) is 5.62. The largest absolute Gasteiger partial charge is 0.383 e. The van der Waals surface area contributed by atoms with Gasteiger partial charge in [0, 0.05) is 29.6 Å². The quantitative estimate of drug-likeness (QED) is 0.550. The number of rotatable bonds is 4. The van der Waals surface area contributed by atoms with Crippen molar-refractivity contribution in [3.63, 3.8) is 0 Å². The molecular formula is C23H22N6O. The molecule has 1 saturated heterocycles. The number of hydrogen-bond donors (Lipinski definition) is 2. The number of fused-ring (bicyclic) bond motifs is 1. The number of primary amides is 1. The van der Waals surface area contributed by atoms with Gasteiger partial charge in [-0.1, -0.05) is 48.5 Å². The number of likely N-dealkylation sites (N-methyl/N-ethyl adjacent to an activating group) is 1. The van der Waals surface area contributed by atoms with Crippen LogP contribution in [0, 0.1) is 0 Å². The molecule has 0 atom stereocenters. The summed E-state index contributed by atoms with van der Waals surface area (Å²) in [7, 11) is 2.03. The van der Waals surface area contributed by atoms with Gasteiger partial charge in [-0.3, -0.25) is 4.79 Å². The first-order chi connectivity index (χ1) is 14.5. The molecule has 1 aliphatic heterocycles. The first kappa shape index (κ1) is 18.3. The smallest absolute Gasteiger partial charge is 0.254 e. The fourth-order valence-electron chi connectivity index (χ4n) is 4.03. The molecule has 0 radical (unpaired) electrons. The van der Waals surface area contributed by atoms with Gasteiger partial charge in [-0.15, -0.1) is 0 Å².